The van der Waals surface area contributed by atoms with Gasteiger partial charge in [0, 0.05) is 19.0 Å². The van der Waals surface area contributed by atoms with Gasteiger partial charge in [0.05, 0.1) is 0 Å². The van der Waals surface area contributed by atoms with Crippen LogP contribution in [0.5, 0.6) is 0 Å². The van der Waals surface area contributed by atoms with Gasteiger partial charge in [-0.1, -0.05) is 23.4 Å². The Hall–Kier alpha value is -1.55. The van der Waals surface area contributed by atoms with Crippen LogP contribution in [0.2, 0.25) is 0 Å². The van der Waals surface area contributed by atoms with E-state index in [0.29, 0.717) is 5.84 Å². The van der Waals surface area contributed by atoms with Gasteiger partial charge in [0.2, 0.25) is 0 Å². The summed E-state index contributed by atoms with van der Waals surface area (Å²) in [4.78, 5) is 2.42. The highest BCUT2D eigenvalue weighted by Gasteiger charge is 2.23. The number of aryl methyl sites for hydroxylation is 2. The van der Waals surface area contributed by atoms with Crippen molar-refractivity contribution in [2.24, 2.45) is 16.8 Å². The van der Waals surface area contributed by atoms with Crippen molar-refractivity contribution < 1.29 is 5.21 Å². The molecule has 3 rings (SSSR count). The quantitative estimate of drug-likeness (QED) is 0.384. The Morgan fingerprint density at radius 3 is 3.00 bits per heavy atom. The summed E-state index contributed by atoms with van der Waals surface area (Å²) in [6.45, 7) is 2.97. The van der Waals surface area contributed by atoms with Crippen molar-refractivity contribution in [3.8, 4) is 0 Å². The molecule has 1 fully saturated rings. The predicted octanol–water partition coefficient (Wildman–Crippen LogP) is 2.13. The van der Waals surface area contributed by atoms with Crippen LogP contribution in [0.3, 0.4) is 0 Å². The number of likely N-dealkylation sites (tertiary alicyclic amines) is 1. The van der Waals surface area contributed by atoms with E-state index < -0.39 is 0 Å². The molecule has 0 spiro atoms. The molecule has 2 aliphatic rings. The largest absolute Gasteiger partial charge is 0.409 e. The fourth-order valence-corrected chi connectivity index (χ4v) is 3.50. The van der Waals surface area contributed by atoms with E-state index in [1.165, 1.54) is 36.0 Å². The second-order valence-corrected chi connectivity index (χ2v) is 6.06. The zero-order valence-electron chi connectivity index (χ0n) is 11.9. The highest BCUT2D eigenvalue weighted by molar-refractivity contribution is 5.82. The Kier molecular flexibility index (Phi) is 3.92. The Labute approximate surface area is 120 Å². The monoisotopic (exact) mass is 273 g/mol. The summed E-state index contributed by atoms with van der Waals surface area (Å²) >= 11 is 0. The minimum absolute atomic E-state index is 0.197. The van der Waals surface area contributed by atoms with Gasteiger partial charge in [-0.15, -0.1) is 0 Å². The lowest BCUT2D eigenvalue weighted by atomic mass is 9.96. The van der Waals surface area contributed by atoms with Crippen LogP contribution in [0.25, 0.3) is 0 Å². The normalized spacial score (nSPS) is 23.8. The zero-order valence-corrected chi connectivity index (χ0v) is 11.9. The lowest BCUT2D eigenvalue weighted by Gasteiger charge is -2.32. The maximum atomic E-state index is 8.81. The van der Waals surface area contributed by atoms with E-state index in [9.17, 15) is 0 Å². The van der Waals surface area contributed by atoms with E-state index in [4.69, 9.17) is 10.9 Å². The molecule has 1 heterocycles. The summed E-state index contributed by atoms with van der Waals surface area (Å²) in [5, 5.41) is 12.0. The summed E-state index contributed by atoms with van der Waals surface area (Å²) in [6.07, 6.45) is 5.91. The van der Waals surface area contributed by atoms with E-state index in [1.807, 2.05) is 0 Å². The number of nitrogens with zero attached hydrogens (tertiary/aromatic N) is 2. The number of oxime groups is 1. The molecular weight excluding hydrogens is 250 g/mol. The van der Waals surface area contributed by atoms with Gasteiger partial charge in [0.25, 0.3) is 0 Å². The molecule has 20 heavy (non-hydrogen) atoms. The van der Waals surface area contributed by atoms with Crippen molar-refractivity contribution in [3.05, 3.63) is 34.9 Å². The van der Waals surface area contributed by atoms with E-state index in [-0.39, 0.29) is 5.92 Å². The molecule has 1 aromatic carbocycles. The molecule has 1 atom stereocenters. The number of amidine groups is 1. The van der Waals surface area contributed by atoms with Gasteiger partial charge in [-0.05, 0) is 55.3 Å². The molecule has 4 heteroatoms. The van der Waals surface area contributed by atoms with Gasteiger partial charge in [-0.2, -0.15) is 0 Å². The molecule has 0 bridgehead atoms. The fourth-order valence-electron chi connectivity index (χ4n) is 3.50. The molecule has 108 valence electrons. The van der Waals surface area contributed by atoms with Crippen LogP contribution >= 0.6 is 0 Å². The number of piperidine rings is 1. The Morgan fingerprint density at radius 1 is 1.30 bits per heavy atom. The lowest BCUT2D eigenvalue weighted by Crippen LogP contribution is -2.40. The molecule has 1 unspecified atom stereocenters. The maximum absolute atomic E-state index is 8.81. The van der Waals surface area contributed by atoms with Crippen molar-refractivity contribution in [2.75, 3.05) is 13.1 Å². The van der Waals surface area contributed by atoms with Crippen LogP contribution in [0, 0.1) is 5.92 Å². The first kappa shape index (κ1) is 13.4. The summed E-state index contributed by atoms with van der Waals surface area (Å²) in [5.41, 5.74) is 10.2. The van der Waals surface area contributed by atoms with Crippen LogP contribution < -0.4 is 5.73 Å². The number of benzene rings is 1. The van der Waals surface area contributed by atoms with E-state index >= 15 is 0 Å². The molecule has 0 aromatic heterocycles. The van der Waals surface area contributed by atoms with Gasteiger partial charge in [0.15, 0.2) is 0 Å². The maximum Gasteiger partial charge on any atom is 0.143 e. The molecule has 1 aromatic rings. The Balaban J connectivity index is 1.65. The molecule has 1 aliphatic heterocycles. The van der Waals surface area contributed by atoms with Crippen LogP contribution in [0.15, 0.2) is 23.4 Å². The third-order valence-corrected chi connectivity index (χ3v) is 4.61. The van der Waals surface area contributed by atoms with Crippen molar-refractivity contribution >= 4 is 5.84 Å². The molecular formula is C16H23N3O. The number of fused-ring (bicyclic) bond motifs is 1. The molecule has 1 saturated heterocycles. The van der Waals surface area contributed by atoms with Gasteiger partial charge in [0.1, 0.15) is 5.84 Å². The number of rotatable bonds is 3. The standard InChI is InChI=1S/C16H23N3O/c17-16(18-20)15-5-2-8-19(11-15)10-12-6-7-13-3-1-4-14(13)9-12/h6-7,9,15,20H,1-5,8,10-11H2,(H2,17,18). The van der Waals surface area contributed by atoms with Crippen molar-refractivity contribution in [1.82, 2.24) is 4.90 Å². The average Bonchev–Trinajstić information content (AvgIpc) is 2.94. The minimum atomic E-state index is 0.197. The number of hydrogen-bond acceptors (Lipinski definition) is 3. The van der Waals surface area contributed by atoms with Gasteiger partial charge < -0.3 is 10.9 Å². The minimum Gasteiger partial charge on any atom is -0.409 e. The van der Waals surface area contributed by atoms with Crippen LogP contribution in [-0.4, -0.2) is 29.0 Å². The van der Waals surface area contributed by atoms with Gasteiger partial charge >= 0.3 is 0 Å². The summed E-state index contributed by atoms with van der Waals surface area (Å²) < 4.78 is 0. The molecule has 1 aliphatic carbocycles. The topological polar surface area (TPSA) is 61.9 Å². The van der Waals surface area contributed by atoms with Gasteiger partial charge in [-0.3, -0.25) is 4.90 Å². The second kappa shape index (κ2) is 5.83. The van der Waals surface area contributed by atoms with E-state index in [2.05, 4.69) is 28.3 Å². The first-order valence-corrected chi connectivity index (χ1v) is 7.56. The van der Waals surface area contributed by atoms with Crippen molar-refractivity contribution in [1.29, 1.82) is 0 Å². The highest BCUT2D eigenvalue weighted by atomic mass is 16.4. The Morgan fingerprint density at radius 2 is 2.15 bits per heavy atom. The second-order valence-electron chi connectivity index (χ2n) is 6.06. The van der Waals surface area contributed by atoms with Gasteiger partial charge in [-0.25, -0.2) is 0 Å². The van der Waals surface area contributed by atoms with E-state index in [1.54, 1.807) is 0 Å². The third-order valence-electron chi connectivity index (χ3n) is 4.61. The molecule has 0 saturated carbocycles. The molecule has 0 radical (unpaired) electrons. The summed E-state index contributed by atoms with van der Waals surface area (Å²) in [6, 6.07) is 6.93. The fraction of sp³-hybridized carbons (Fsp3) is 0.562. The van der Waals surface area contributed by atoms with Crippen LogP contribution in [0.4, 0.5) is 0 Å². The van der Waals surface area contributed by atoms with Crippen molar-refractivity contribution in [3.63, 3.8) is 0 Å². The summed E-state index contributed by atoms with van der Waals surface area (Å²) in [7, 11) is 0. The van der Waals surface area contributed by atoms with E-state index in [0.717, 1.165) is 32.5 Å². The Bertz CT molecular complexity index is 512. The predicted molar refractivity (Wildman–Crippen MR) is 79.9 cm³/mol. The number of hydrogen-bond donors (Lipinski definition) is 2. The van der Waals surface area contributed by atoms with Crippen LogP contribution in [0.1, 0.15) is 36.0 Å². The van der Waals surface area contributed by atoms with Crippen LogP contribution in [-0.2, 0) is 19.4 Å². The first-order chi connectivity index (χ1) is 9.76. The SMILES string of the molecule is NC(=NO)C1CCCN(Cc2ccc3c(c2)CCC3)C1. The smallest absolute Gasteiger partial charge is 0.143 e. The summed E-state index contributed by atoms with van der Waals surface area (Å²) in [5.74, 6) is 0.576. The van der Waals surface area contributed by atoms with Crippen molar-refractivity contribution in [2.45, 2.75) is 38.6 Å². The third kappa shape index (κ3) is 2.80. The molecule has 4 nitrogen and oxygen atoms in total. The zero-order chi connectivity index (χ0) is 13.9. The average molecular weight is 273 g/mol. The molecule has 3 N–H and O–H groups in total. The lowest BCUT2D eigenvalue weighted by molar-refractivity contribution is 0.193. The first-order valence-electron chi connectivity index (χ1n) is 7.56. The highest BCUT2D eigenvalue weighted by Crippen LogP contribution is 2.24. The molecule has 0 amide bonds. The number of nitrogens with two attached hydrogens (primary N) is 1.